The molecule has 200 valence electrons. The Balaban J connectivity index is 1.39. The van der Waals surface area contributed by atoms with Gasteiger partial charge in [-0.2, -0.15) is 4.37 Å². The Labute approximate surface area is 224 Å². The van der Waals surface area contributed by atoms with E-state index in [2.05, 4.69) is 25.0 Å². The summed E-state index contributed by atoms with van der Waals surface area (Å²) in [5.41, 5.74) is 2.02. The van der Waals surface area contributed by atoms with Crippen LogP contribution in [-0.4, -0.2) is 62.0 Å². The highest BCUT2D eigenvalue weighted by atomic mass is 32.1. The van der Waals surface area contributed by atoms with E-state index in [0.29, 0.717) is 36.6 Å². The van der Waals surface area contributed by atoms with Crippen LogP contribution >= 0.6 is 11.5 Å². The molecule has 2 fully saturated rings. The van der Waals surface area contributed by atoms with Crippen molar-refractivity contribution in [1.29, 1.82) is 0 Å². The zero-order valence-electron chi connectivity index (χ0n) is 21.4. The highest BCUT2D eigenvalue weighted by molar-refractivity contribution is 7.05. The Morgan fingerprint density at radius 2 is 2.11 bits per heavy atom. The van der Waals surface area contributed by atoms with Gasteiger partial charge in [0, 0.05) is 25.8 Å². The van der Waals surface area contributed by atoms with E-state index in [1.807, 2.05) is 19.1 Å². The van der Waals surface area contributed by atoms with Crippen molar-refractivity contribution in [2.45, 2.75) is 57.0 Å². The first-order valence-electron chi connectivity index (χ1n) is 12.9. The number of urea groups is 1. The average Bonchev–Trinajstić information content (AvgIpc) is 3.42. The second-order valence-electron chi connectivity index (χ2n) is 10.1. The molecule has 1 aliphatic carbocycles. The van der Waals surface area contributed by atoms with Crippen molar-refractivity contribution in [3.63, 3.8) is 0 Å². The molecule has 38 heavy (non-hydrogen) atoms. The molecule has 2 unspecified atom stereocenters. The van der Waals surface area contributed by atoms with E-state index in [1.165, 1.54) is 23.9 Å². The van der Waals surface area contributed by atoms with Crippen LogP contribution in [0.2, 0.25) is 0 Å². The van der Waals surface area contributed by atoms with Gasteiger partial charge in [-0.25, -0.2) is 19.2 Å². The molecule has 11 heteroatoms. The molecule has 3 amide bonds. The lowest BCUT2D eigenvalue weighted by Crippen LogP contribution is -2.38. The Hall–Kier alpha value is -3.44. The molecule has 5 rings (SSSR count). The van der Waals surface area contributed by atoms with E-state index in [0.717, 1.165) is 29.0 Å². The third kappa shape index (κ3) is 5.25. The number of hydrogen-bond acceptors (Lipinski definition) is 7. The summed E-state index contributed by atoms with van der Waals surface area (Å²) in [6.45, 7) is 4.34. The first-order valence-corrected chi connectivity index (χ1v) is 13.6. The second kappa shape index (κ2) is 10.7. The predicted octanol–water partition coefficient (Wildman–Crippen LogP) is 3.98. The molecule has 1 aromatic carbocycles. The number of benzene rings is 1. The zero-order chi connectivity index (χ0) is 26.9. The molecule has 9 nitrogen and oxygen atoms in total. The topological polar surface area (TPSA) is 120 Å². The van der Waals surface area contributed by atoms with E-state index >= 15 is 0 Å². The van der Waals surface area contributed by atoms with Crippen LogP contribution in [0.4, 0.5) is 14.9 Å². The largest absolute Gasteiger partial charge is 0.391 e. The highest BCUT2D eigenvalue weighted by Gasteiger charge is 2.45. The second-order valence-corrected chi connectivity index (χ2v) is 10.9. The van der Waals surface area contributed by atoms with Crippen molar-refractivity contribution >= 4 is 29.2 Å². The Bertz CT molecular complexity index is 1330. The number of pyridine rings is 1. The van der Waals surface area contributed by atoms with Crippen LogP contribution in [0.25, 0.3) is 0 Å². The number of carbonyl (C=O) groups is 2. The van der Waals surface area contributed by atoms with Gasteiger partial charge in [0.15, 0.2) is 5.69 Å². The number of aromatic nitrogens is 3. The number of likely N-dealkylation sites (tertiary alicyclic amines) is 1. The number of amides is 3. The molecule has 0 radical (unpaired) electrons. The van der Waals surface area contributed by atoms with E-state index in [4.69, 9.17) is 0 Å². The number of carbonyl (C=O) groups excluding carboxylic acids is 2. The minimum atomic E-state index is -0.683. The van der Waals surface area contributed by atoms with Gasteiger partial charge in [0.05, 0.1) is 17.2 Å². The number of aliphatic hydroxyl groups excluding tert-OH is 1. The molecule has 2 aliphatic rings. The molecule has 3 N–H and O–H groups in total. The van der Waals surface area contributed by atoms with Gasteiger partial charge in [0.2, 0.25) is 0 Å². The van der Waals surface area contributed by atoms with Crippen molar-refractivity contribution in [1.82, 2.24) is 24.6 Å². The molecule has 1 aliphatic heterocycles. The van der Waals surface area contributed by atoms with E-state index in [1.54, 1.807) is 24.1 Å². The van der Waals surface area contributed by atoms with Crippen molar-refractivity contribution in [2.75, 3.05) is 25.0 Å². The molecule has 0 spiro atoms. The molecule has 3 aromatic rings. The first-order chi connectivity index (χ1) is 18.3. The molecule has 1 saturated heterocycles. The van der Waals surface area contributed by atoms with Crippen LogP contribution in [0, 0.1) is 12.7 Å². The van der Waals surface area contributed by atoms with Crippen LogP contribution in [0.1, 0.15) is 70.7 Å². The fraction of sp³-hybridized carbons (Fsp3) is 0.444. The summed E-state index contributed by atoms with van der Waals surface area (Å²) in [4.78, 5) is 36.9. The molecular weight excluding hydrogens is 507 g/mol. The number of aliphatic hydroxyl groups is 1. The number of rotatable bonds is 8. The van der Waals surface area contributed by atoms with Crippen LogP contribution in [0.15, 0.2) is 36.8 Å². The Morgan fingerprint density at radius 1 is 1.29 bits per heavy atom. The van der Waals surface area contributed by atoms with Crippen molar-refractivity contribution in [2.24, 2.45) is 0 Å². The smallest absolute Gasteiger partial charge is 0.321 e. The van der Waals surface area contributed by atoms with Crippen molar-refractivity contribution in [3.05, 3.63) is 70.0 Å². The van der Waals surface area contributed by atoms with E-state index < -0.39 is 17.4 Å². The van der Waals surface area contributed by atoms with Crippen LogP contribution in [0.5, 0.6) is 0 Å². The number of aryl methyl sites for hydroxylation is 1. The summed E-state index contributed by atoms with van der Waals surface area (Å²) >= 11 is 1.24. The van der Waals surface area contributed by atoms with Gasteiger partial charge < -0.3 is 20.6 Å². The molecule has 1 saturated carbocycles. The highest BCUT2D eigenvalue weighted by Crippen LogP contribution is 2.43. The lowest BCUT2D eigenvalue weighted by Gasteiger charge is -2.28. The third-order valence-electron chi connectivity index (χ3n) is 7.44. The molecule has 2 aromatic heterocycles. The maximum atomic E-state index is 14.6. The minimum Gasteiger partial charge on any atom is -0.391 e. The molecule has 0 bridgehead atoms. The zero-order valence-corrected chi connectivity index (χ0v) is 22.2. The average molecular weight is 539 g/mol. The molecule has 2 atom stereocenters. The predicted molar refractivity (Wildman–Crippen MR) is 142 cm³/mol. The van der Waals surface area contributed by atoms with Gasteiger partial charge in [0.1, 0.15) is 17.2 Å². The first kappa shape index (κ1) is 26.2. The maximum absolute atomic E-state index is 14.6. The minimum absolute atomic E-state index is 0.0956. The Morgan fingerprint density at radius 3 is 2.79 bits per heavy atom. The number of halogens is 1. The quantitative estimate of drug-likeness (QED) is 0.399. The fourth-order valence-corrected chi connectivity index (χ4v) is 5.57. The summed E-state index contributed by atoms with van der Waals surface area (Å²) in [6.07, 6.45) is 5.66. The lowest BCUT2D eigenvalue weighted by atomic mass is 9.80. The van der Waals surface area contributed by atoms with Gasteiger partial charge in [-0.3, -0.25) is 4.79 Å². The monoisotopic (exact) mass is 538 g/mol. The van der Waals surface area contributed by atoms with Crippen LogP contribution in [0.3, 0.4) is 0 Å². The number of nitrogens with one attached hydrogen (secondary N) is 2. The fourth-order valence-electron chi connectivity index (χ4n) is 4.82. The van der Waals surface area contributed by atoms with Crippen LogP contribution in [-0.2, 0) is 5.41 Å². The van der Waals surface area contributed by atoms with E-state index in [9.17, 15) is 19.1 Å². The van der Waals surface area contributed by atoms with E-state index in [-0.39, 0.29) is 30.6 Å². The normalized spacial score (nSPS) is 19.8. The van der Waals surface area contributed by atoms with Gasteiger partial charge in [-0.1, -0.05) is 19.1 Å². The lowest BCUT2D eigenvalue weighted by molar-refractivity contribution is 0.0910. The number of anilines is 1. The number of nitrogens with zero attached hydrogens (tertiary/aromatic N) is 4. The summed E-state index contributed by atoms with van der Waals surface area (Å²) in [5, 5.41) is 16.2. The van der Waals surface area contributed by atoms with Gasteiger partial charge in [-0.05, 0) is 78.9 Å². The summed E-state index contributed by atoms with van der Waals surface area (Å²) < 4.78 is 18.7. The summed E-state index contributed by atoms with van der Waals surface area (Å²) in [5.74, 6) is -0.388. The van der Waals surface area contributed by atoms with Gasteiger partial charge in [0.25, 0.3) is 5.91 Å². The third-order valence-corrected chi connectivity index (χ3v) is 8.30. The van der Waals surface area contributed by atoms with Gasteiger partial charge >= 0.3 is 6.03 Å². The molecule has 3 heterocycles. The van der Waals surface area contributed by atoms with Crippen LogP contribution < -0.4 is 10.6 Å². The Kier molecular flexibility index (Phi) is 7.40. The maximum Gasteiger partial charge on any atom is 0.321 e. The molecular formula is C27H31FN6O3S. The van der Waals surface area contributed by atoms with Crippen molar-refractivity contribution in [3.8, 4) is 0 Å². The summed E-state index contributed by atoms with van der Waals surface area (Å²) in [7, 11) is 0. The SMILES string of the molecule is CCC(O)CNC(=O)c1ncc(C2CC2)cc1NC(=O)N1CCC(c2ccc(C)c(F)c2)(c2ncns2)C1. The number of hydrogen-bond donors (Lipinski definition) is 3. The summed E-state index contributed by atoms with van der Waals surface area (Å²) in [6, 6.07) is 6.59. The van der Waals surface area contributed by atoms with Crippen molar-refractivity contribution < 1.29 is 19.1 Å². The standard InChI is InChI=1S/C27H31FN6O3S/c1-3-20(35)13-30-24(36)23-22(10-18(12-29-23)17-5-6-17)33-26(37)34-9-8-27(14-34,25-31-15-32-38-25)19-7-4-16(2)21(28)11-19/h4,7,10-12,15,17,20,35H,3,5-6,8-9,13-14H2,1-2H3,(H,30,36)(H,33,37). The van der Waals surface area contributed by atoms with Gasteiger partial charge in [-0.15, -0.1) is 0 Å².